The monoisotopic (exact) mass is 525 g/mol. The molecule has 7 nitrogen and oxygen atoms in total. The van der Waals surface area contributed by atoms with Crippen LogP contribution in [-0.4, -0.2) is 37.1 Å². The number of nitrogens with one attached hydrogen (secondary N) is 2. The molecule has 3 heterocycles. The van der Waals surface area contributed by atoms with Gasteiger partial charge in [-0.2, -0.15) is 0 Å². The Morgan fingerprint density at radius 3 is 2.55 bits per heavy atom. The van der Waals surface area contributed by atoms with Gasteiger partial charge in [0.1, 0.15) is 5.75 Å². The zero-order valence-electron chi connectivity index (χ0n) is 21.7. The summed E-state index contributed by atoms with van der Waals surface area (Å²) in [5.74, 6) is 0.167. The van der Waals surface area contributed by atoms with Crippen molar-refractivity contribution in [2.75, 3.05) is 11.9 Å². The van der Waals surface area contributed by atoms with E-state index in [1.807, 2.05) is 61.5 Å². The lowest BCUT2D eigenvalue weighted by molar-refractivity contribution is -0.116. The van der Waals surface area contributed by atoms with Crippen LogP contribution in [0.5, 0.6) is 5.75 Å². The summed E-state index contributed by atoms with van der Waals surface area (Å²) < 4.78 is 2.17. The quantitative estimate of drug-likeness (QED) is 0.276. The molecule has 0 aliphatic carbocycles. The first-order chi connectivity index (χ1) is 18.3. The number of hydrogen-bond donors (Lipinski definition) is 3. The molecule has 0 bridgehead atoms. The molecule has 2 atom stereocenters. The second kappa shape index (κ2) is 10.7. The van der Waals surface area contributed by atoms with E-state index in [0.29, 0.717) is 11.7 Å². The number of phenolic OH excluding ortho intramolecular Hbond substituents is 1. The standard InChI is InChI=1S/C30H31N5O2S/c1-19-7-6-8-22(17-19)32-27(37)14-16-34-29(28(33-30(34)38)26-9-4-5-15-31-26)25-18-20(2)35(21(25)3)23-10-12-24(36)13-11-23/h4-13,15,17-18,28-29,36H,14,16H2,1-3H3,(H,32,37)(H,33,38)/t28-,29-/m0/s1. The topological polar surface area (TPSA) is 82.4 Å². The first kappa shape index (κ1) is 25.5. The Balaban J connectivity index is 1.46. The summed E-state index contributed by atoms with van der Waals surface area (Å²) in [4.78, 5) is 19.6. The van der Waals surface area contributed by atoms with Crippen molar-refractivity contribution in [1.82, 2.24) is 19.8 Å². The number of rotatable bonds is 7. The molecule has 0 radical (unpaired) electrons. The summed E-state index contributed by atoms with van der Waals surface area (Å²) in [6.07, 6.45) is 2.08. The van der Waals surface area contributed by atoms with Crippen molar-refractivity contribution in [2.45, 2.75) is 39.3 Å². The molecule has 4 aromatic rings. The van der Waals surface area contributed by atoms with Gasteiger partial charge < -0.3 is 25.2 Å². The van der Waals surface area contributed by atoms with Crippen LogP contribution in [0, 0.1) is 20.8 Å². The fraction of sp³-hybridized carbons (Fsp3) is 0.233. The predicted molar refractivity (Wildman–Crippen MR) is 153 cm³/mol. The Morgan fingerprint density at radius 2 is 1.84 bits per heavy atom. The molecule has 8 heteroatoms. The van der Waals surface area contributed by atoms with Crippen LogP contribution in [0.3, 0.4) is 0 Å². The van der Waals surface area contributed by atoms with Gasteiger partial charge in [0.15, 0.2) is 5.11 Å². The zero-order valence-corrected chi connectivity index (χ0v) is 22.5. The van der Waals surface area contributed by atoms with Crippen molar-refractivity contribution in [3.63, 3.8) is 0 Å². The van der Waals surface area contributed by atoms with Crippen LogP contribution in [0.1, 0.15) is 46.7 Å². The highest BCUT2D eigenvalue weighted by molar-refractivity contribution is 7.80. The summed E-state index contributed by atoms with van der Waals surface area (Å²) >= 11 is 5.80. The SMILES string of the molecule is Cc1cccc(NC(=O)CCN2C(=S)N[C@@H](c3ccccn3)[C@@H]2c2cc(C)n(-c3ccc(O)cc3)c2C)c1. The fourth-order valence-electron chi connectivity index (χ4n) is 5.24. The summed E-state index contributed by atoms with van der Waals surface area (Å²) in [6.45, 7) is 6.62. The molecule has 0 spiro atoms. The highest BCUT2D eigenvalue weighted by atomic mass is 32.1. The van der Waals surface area contributed by atoms with Gasteiger partial charge in [-0.05, 0) is 98.7 Å². The largest absolute Gasteiger partial charge is 0.508 e. The Morgan fingerprint density at radius 1 is 1.05 bits per heavy atom. The molecule has 0 unspecified atom stereocenters. The summed E-state index contributed by atoms with van der Waals surface area (Å²) in [7, 11) is 0. The third-order valence-electron chi connectivity index (χ3n) is 6.98. The number of carbonyl (C=O) groups excluding carboxylic acids is 1. The number of thiocarbonyl (C=S) groups is 1. The summed E-state index contributed by atoms with van der Waals surface area (Å²) in [5, 5.41) is 16.9. The number of hydrogen-bond acceptors (Lipinski definition) is 4. The van der Waals surface area contributed by atoms with Gasteiger partial charge in [0.05, 0.1) is 17.8 Å². The molecular formula is C30H31N5O2S. The molecule has 5 rings (SSSR count). The van der Waals surface area contributed by atoms with Crippen LogP contribution in [0.4, 0.5) is 5.69 Å². The normalized spacial score (nSPS) is 16.9. The van der Waals surface area contributed by atoms with E-state index in [4.69, 9.17) is 12.2 Å². The Kier molecular flexibility index (Phi) is 7.15. The summed E-state index contributed by atoms with van der Waals surface area (Å²) in [5.41, 5.74) is 6.99. The maximum absolute atomic E-state index is 12.9. The molecule has 2 aromatic carbocycles. The highest BCUT2D eigenvalue weighted by Gasteiger charge is 2.41. The lowest BCUT2D eigenvalue weighted by atomic mass is 9.96. The molecule has 1 aliphatic rings. The minimum atomic E-state index is -0.169. The average molecular weight is 526 g/mol. The van der Waals surface area contributed by atoms with E-state index >= 15 is 0 Å². The second-order valence-corrected chi connectivity index (χ2v) is 10.1. The molecule has 1 fully saturated rings. The molecule has 3 N–H and O–H groups in total. The van der Waals surface area contributed by atoms with Gasteiger partial charge in [-0.25, -0.2) is 0 Å². The number of aryl methyl sites for hydroxylation is 2. The molecule has 2 aromatic heterocycles. The van der Waals surface area contributed by atoms with E-state index in [9.17, 15) is 9.90 Å². The number of phenols is 1. The molecular weight excluding hydrogens is 494 g/mol. The van der Waals surface area contributed by atoms with Crippen LogP contribution in [-0.2, 0) is 4.79 Å². The summed E-state index contributed by atoms with van der Waals surface area (Å²) in [6, 6.07) is 22.7. The highest BCUT2D eigenvalue weighted by Crippen LogP contribution is 2.41. The van der Waals surface area contributed by atoms with Crippen molar-refractivity contribution >= 4 is 28.9 Å². The predicted octanol–water partition coefficient (Wildman–Crippen LogP) is 5.50. The van der Waals surface area contributed by atoms with Crippen molar-refractivity contribution < 1.29 is 9.90 Å². The third-order valence-corrected chi connectivity index (χ3v) is 7.33. The van der Waals surface area contributed by atoms with Crippen molar-refractivity contribution in [3.05, 3.63) is 107 Å². The number of benzene rings is 2. The van der Waals surface area contributed by atoms with Crippen LogP contribution >= 0.6 is 12.2 Å². The number of aromatic nitrogens is 2. The third kappa shape index (κ3) is 5.13. The van der Waals surface area contributed by atoms with Crippen LogP contribution in [0.2, 0.25) is 0 Å². The number of amides is 1. The van der Waals surface area contributed by atoms with Gasteiger partial charge in [0, 0.05) is 41.9 Å². The van der Waals surface area contributed by atoms with Crippen molar-refractivity contribution in [3.8, 4) is 11.4 Å². The van der Waals surface area contributed by atoms with Gasteiger partial charge >= 0.3 is 0 Å². The zero-order chi connectivity index (χ0) is 26.8. The van der Waals surface area contributed by atoms with Crippen molar-refractivity contribution in [1.29, 1.82) is 0 Å². The molecule has 1 amide bonds. The Hall–Kier alpha value is -4.17. The maximum Gasteiger partial charge on any atom is 0.226 e. The van der Waals surface area contributed by atoms with Gasteiger partial charge in [-0.15, -0.1) is 0 Å². The van der Waals surface area contributed by atoms with E-state index in [2.05, 4.69) is 45.0 Å². The first-order valence-electron chi connectivity index (χ1n) is 12.6. The minimum Gasteiger partial charge on any atom is -0.508 e. The van der Waals surface area contributed by atoms with Gasteiger partial charge in [-0.3, -0.25) is 9.78 Å². The molecule has 0 saturated carbocycles. The minimum absolute atomic E-state index is 0.0620. The average Bonchev–Trinajstić information content (AvgIpc) is 3.38. The van der Waals surface area contributed by atoms with Crippen LogP contribution < -0.4 is 10.6 Å². The molecule has 194 valence electrons. The molecule has 1 aliphatic heterocycles. The number of carbonyl (C=O) groups is 1. The van der Waals surface area contributed by atoms with Gasteiger partial charge in [-0.1, -0.05) is 18.2 Å². The number of nitrogens with zero attached hydrogens (tertiary/aromatic N) is 3. The van der Waals surface area contributed by atoms with Gasteiger partial charge in [0.2, 0.25) is 5.91 Å². The molecule has 38 heavy (non-hydrogen) atoms. The van der Waals surface area contributed by atoms with E-state index in [1.54, 1.807) is 18.3 Å². The van der Waals surface area contributed by atoms with Crippen molar-refractivity contribution in [2.24, 2.45) is 0 Å². The fourth-order valence-corrected chi connectivity index (χ4v) is 5.57. The van der Waals surface area contributed by atoms with Crippen LogP contribution in [0.15, 0.2) is 79.0 Å². The Labute approximate surface area is 228 Å². The van der Waals surface area contributed by atoms with E-state index in [-0.39, 0.29) is 30.2 Å². The Bertz CT molecular complexity index is 1470. The van der Waals surface area contributed by atoms with Gasteiger partial charge in [0.25, 0.3) is 0 Å². The van der Waals surface area contributed by atoms with E-state index in [0.717, 1.165) is 39.6 Å². The number of aromatic hydroxyl groups is 1. The second-order valence-electron chi connectivity index (χ2n) is 9.67. The van der Waals surface area contributed by atoms with E-state index in [1.165, 1.54) is 0 Å². The lowest BCUT2D eigenvalue weighted by Crippen LogP contribution is -2.32. The smallest absolute Gasteiger partial charge is 0.226 e. The number of anilines is 1. The first-order valence-corrected chi connectivity index (χ1v) is 13.1. The number of pyridine rings is 1. The van der Waals surface area contributed by atoms with Crippen LogP contribution in [0.25, 0.3) is 5.69 Å². The maximum atomic E-state index is 12.9. The lowest BCUT2D eigenvalue weighted by Gasteiger charge is -2.28. The molecule has 1 saturated heterocycles. The van der Waals surface area contributed by atoms with E-state index < -0.39 is 0 Å².